The molecule has 0 amide bonds. The molecule has 2 aromatic rings. The summed E-state index contributed by atoms with van der Waals surface area (Å²) in [6, 6.07) is 16.2. The van der Waals surface area contributed by atoms with Crippen molar-refractivity contribution in [1.29, 1.82) is 0 Å². The molecule has 118 valence electrons. The van der Waals surface area contributed by atoms with Crippen LogP contribution in [-0.2, 0) is 6.54 Å². The monoisotopic (exact) mass is 299 g/mol. The van der Waals surface area contributed by atoms with E-state index in [1.807, 2.05) is 49.4 Å². The van der Waals surface area contributed by atoms with Gasteiger partial charge in [-0.3, -0.25) is 0 Å². The van der Waals surface area contributed by atoms with Gasteiger partial charge in [0.25, 0.3) is 0 Å². The lowest BCUT2D eigenvalue weighted by Crippen LogP contribution is -2.08. The zero-order chi connectivity index (χ0) is 15.8. The van der Waals surface area contributed by atoms with Crippen molar-refractivity contribution in [2.45, 2.75) is 27.3 Å². The summed E-state index contributed by atoms with van der Waals surface area (Å²) in [7, 11) is 0. The van der Waals surface area contributed by atoms with E-state index in [0.29, 0.717) is 25.7 Å². The lowest BCUT2D eigenvalue weighted by Gasteiger charge is -2.16. The molecule has 0 saturated heterocycles. The highest BCUT2D eigenvalue weighted by atomic mass is 16.5. The van der Waals surface area contributed by atoms with Gasteiger partial charge in [0, 0.05) is 12.1 Å². The maximum Gasteiger partial charge on any atom is 0.142 e. The molecule has 0 fully saturated rings. The standard InChI is InChI=1S/C19H25NO2/c1-4-21-18-11-7-5-9-16(18)13-20-17-10-6-8-12-19(17)22-14-15(2)3/h5-12,15,20H,4,13-14H2,1-3H3. The normalized spacial score (nSPS) is 10.5. The van der Waals surface area contributed by atoms with Crippen LogP contribution in [0.25, 0.3) is 0 Å². The maximum atomic E-state index is 5.87. The quantitative estimate of drug-likeness (QED) is 0.764. The Kier molecular flexibility index (Phi) is 6.13. The molecular formula is C19H25NO2. The van der Waals surface area contributed by atoms with Gasteiger partial charge in [-0.25, -0.2) is 0 Å². The third kappa shape index (κ3) is 4.69. The summed E-state index contributed by atoms with van der Waals surface area (Å²) in [5.74, 6) is 2.33. The third-order valence-electron chi connectivity index (χ3n) is 3.20. The minimum Gasteiger partial charge on any atom is -0.494 e. The van der Waals surface area contributed by atoms with Crippen molar-refractivity contribution in [2.24, 2.45) is 5.92 Å². The van der Waals surface area contributed by atoms with Crippen LogP contribution in [-0.4, -0.2) is 13.2 Å². The number of ether oxygens (including phenoxy) is 2. The molecule has 22 heavy (non-hydrogen) atoms. The summed E-state index contributed by atoms with van der Waals surface area (Å²) in [5, 5.41) is 3.45. The molecule has 2 rings (SSSR count). The first-order valence-corrected chi connectivity index (χ1v) is 7.87. The Balaban J connectivity index is 2.05. The largest absolute Gasteiger partial charge is 0.494 e. The van der Waals surface area contributed by atoms with Crippen LogP contribution in [0.2, 0.25) is 0 Å². The third-order valence-corrected chi connectivity index (χ3v) is 3.20. The summed E-state index contributed by atoms with van der Waals surface area (Å²) in [6.45, 7) is 8.39. The van der Waals surface area contributed by atoms with Gasteiger partial charge < -0.3 is 14.8 Å². The summed E-state index contributed by atoms with van der Waals surface area (Å²) in [5.41, 5.74) is 2.15. The lowest BCUT2D eigenvalue weighted by molar-refractivity contribution is 0.272. The second kappa shape index (κ2) is 8.32. The summed E-state index contributed by atoms with van der Waals surface area (Å²) in [4.78, 5) is 0. The van der Waals surface area contributed by atoms with E-state index in [9.17, 15) is 0 Å². The number of hydrogen-bond acceptors (Lipinski definition) is 3. The molecule has 1 N–H and O–H groups in total. The van der Waals surface area contributed by atoms with Gasteiger partial charge in [0.15, 0.2) is 0 Å². The van der Waals surface area contributed by atoms with E-state index in [0.717, 1.165) is 22.7 Å². The van der Waals surface area contributed by atoms with Gasteiger partial charge in [-0.2, -0.15) is 0 Å². The van der Waals surface area contributed by atoms with Crippen LogP contribution in [0.5, 0.6) is 11.5 Å². The van der Waals surface area contributed by atoms with Crippen molar-refractivity contribution >= 4 is 5.69 Å². The second-order valence-electron chi connectivity index (χ2n) is 5.60. The Labute approximate surface area is 133 Å². The number of anilines is 1. The zero-order valence-electron chi connectivity index (χ0n) is 13.6. The Morgan fingerprint density at radius 2 is 1.59 bits per heavy atom. The highest BCUT2D eigenvalue weighted by Crippen LogP contribution is 2.26. The molecule has 0 unspecified atom stereocenters. The van der Waals surface area contributed by atoms with Crippen molar-refractivity contribution in [3.63, 3.8) is 0 Å². The van der Waals surface area contributed by atoms with Crippen molar-refractivity contribution in [1.82, 2.24) is 0 Å². The van der Waals surface area contributed by atoms with Gasteiger partial charge in [-0.1, -0.05) is 44.2 Å². The van der Waals surface area contributed by atoms with E-state index in [1.165, 1.54) is 0 Å². The maximum absolute atomic E-state index is 5.87. The summed E-state index contributed by atoms with van der Waals surface area (Å²) >= 11 is 0. The molecule has 2 aromatic carbocycles. The van der Waals surface area contributed by atoms with E-state index in [2.05, 4.69) is 25.2 Å². The molecule has 0 spiro atoms. The fourth-order valence-corrected chi connectivity index (χ4v) is 2.13. The average molecular weight is 299 g/mol. The van der Waals surface area contributed by atoms with E-state index >= 15 is 0 Å². The highest BCUT2D eigenvalue weighted by Gasteiger charge is 2.06. The number of nitrogens with one attached hydrogen (secondary N) is 1. The van der Waals surface area contributed by atoms with E-state index < -0.39 is 0 Å². The molecule has 0 aliphatic rings. The smallest absolute Gasteiger partial charge is 0.142 e. The van der Waals surface area contributed by atoms with Crippen LogP contribution in [0.4, 0.5) is 5.69 Å². The Morgan fingerprint density at radius 1 is 0.909 bits per heavy atom. The van der Waals surface area contributed by atoms with Crippen molar-refractivity contribution in [3.05, 3.63) is 54.1 Å². The van der Waals surface area contributed by atoms with Crippen LogP contribution < -0.4 is 14.8 Å². The zero-order valence-corrected chi connectivity index (χ0v) is 13.6. The van der Waals surface area contributed by atoms with Gasteiger partial charge in [0.2, 0.25) is 0 Å². The van der Waals surface area contributed by atoms with Gasteiger partial charge in [0.1, 0.15) is 11.5 Å². The molecule has 0 heterocycles. The first-order valence-electron chi connectivity index (χ1n) is 7.87. The van der Waals surface area contributed by atoms with Gasteiger partial charge in [-0.15, -0.1) is 0 Å². The molecule has 3 nitrogen and oxygen atoms in total. The Bertz CT molecular complexity index is 581. The molecular weight excluding hydrogens is 274 g/mol. The van der Waals surface area contributed by atoms with Crippen LogP contribution in [0, 0.1) is 5.92 Å². The van der Waals surface area contributed by atoms with E-state index in [1.54, 1.807) is 0 Å². The van der Waals surface area contributed by atoms with Crippen LogP contribution in [0.1, 0.15) is 26.3 Å². The fraction of sp³-hybridized carbons (Fsp3) is 0.368. The Morgan fingerprint density at radius 3 is 2.32 bits per heavy atom. The topological polar surface area (TPSA) is 30.5 Å². The molecule has 0 saturated carbocycles. The SMILES string of the molecule is CCOc1ccccc1CNc1ccccc1OCC(C)C. The molecule has 3 heteroatoms. The van der Waals surface area contributed by atoms with Gasteiger partial charge >= 0.3 is 0 Å². The van der Waals surface area contributed by atoms with Crippen LogP contribution in [0.15, 0.2) is 48.5 Å². The van der Waals surface area contributed by atoms with Gasteiger partial charge in [-0.05, 0) is 31.0 Å². The number of benzene rings is 2. The van der Waals surface area contributed by atoms with Crippen molar-refractivity contribution < 1.29 is 9.47 Å². The van der Waals surface area contributed by atoms with E-state index in [4.69, 9.17) is 9.47 Å². The van der Waals surface area contributed by atoms with Gasteiger partial charge in [0.05, 0.1) is 18.9 Å². The number of hydrogen-bond donors (Lipinski definition) is 1. The predicted molar refractivity (Wildman–Crippen MR) is 91.7 cm³/mol. The summed E-state index contributed by atoms with van der Waals surface area (Å²) in [6.07, 6.45) is 0. The highest BCUT2D eigenvalue weighted by molar-refractivity contribution is 5.56. The molecule has 0 radical (unpaired) electrons. The van der Waals surface area contributed by atoms with Crippen molar-refractivity contribution in [3.8, 4) is 11.5 Å². The minimum atomic E-state index is 0.506. The fourth-order valence-electron chi connectivity index (χ4n) is 2.13. The van der Waals surface area contributed by atoms with Crippen LogP contribution in [0.3, 0.4) is 0 Å². The first-order chi connectivity index (χ1) is 10.7. The Hall–Kier alpha value is -2.16. The molecule has 0 aliphatic carbocycles. The van der Waals surface area contributed by atoms with E-state index in [-0.39, 0.29) is 0 Å². The average Bonchev–Trinajstić information content (AvgIpc) is 2.53. The summed E-state index contributed by atoms with van der Waals surface area (Å²) < 4.78 is 11.5. The number of rotatable bonds is 8. The molecule has 0 atom stereocenters. The predicted octanol–water partition coefficient (Wildman–Crippen LogP) is 4.73. The molecule has 0 bridgehead atoms. The second-order valence-corrected chi connectivity index (χ2v) is 5.60. The van der Waals surface area contributed by atoms with Crippen LogP contribution >= 0.6 is 0 Å². The molecule has 0 aliphatic heterocycles. The molecule has 0 aromatic heterocycles. The number of para-hydroxylation sites is 3. The van der Waals surface area contributed by atoms with Crippen molar-refractivity contribution in [2.75, 3.05) is 18.5 Å². The lowest BCUT2D eigenvalue weighted by atomic mass is 10.2. The first kappa shape index (κ1) is 16.2. The minimum absolute atomic E-state index is 0.506.